The summed E-state index contributed by atoms with van der Waals surface area (Å²) >= 11 is 17.4. The average molecular weight is 345 g/mol. The molecule has 0 aromatic heterocycles. The van der Waals surface area contributed by atoms with Crippen LogP contribution in [0.3, 0.4) is 0 Å². The molecule has 0 radical (unpaired) electrons. The third-order valence-electron chi connectivity index (χ3n) is 3.09. The van der Waals surface area contributed by atoms with Gasteiger partial charge in [0, 0.05) is 5.02 Å². The minimum atomic E-state index is -0.851. The van der Waals surface area contributed by atoms with Gasteiger partial charge >= 0.3 is 0 Å². The van der Waals surface area contributed by atoms with Gasteiger partial charge in [-0.05, 0) is 30.3 Å². The highest BCUT2D eigenvalue weighted by atomic mass is 35.5. The number of carbonyl (C=O) groups is 1. The topological polar surface area (TPSA) is 43.1 Å². The van der Waals surface area contributed by atoms with Gasteiger partial charge in [-0.3, -0.25) is 4.79 Å². The number of hydrogen-bond donors (Lipinski definition) is 0. The van der Waals surface area contributed by atoms with Gasteiger partial charge in [0.2, 0.25) is 0 Å². The van der Waals surface area contributed by atoms with Crippen molar-refractivity contribution in [1.82, 2.24) is 0 Å². The second kappa shape index (κ2) is 4.98. The lowest BCUT2D eigenvalue weighted by Crippen LogP contribution is -2.16. The summed E-state index contributed by atoms with van der Waals surface area (Å²) in [4.78, 5) is 12.3. The van der Waals surface area contributed by atoms with Crippen LogP contribution in [-0.2, 0) is 0 Å². The Bertz CT molecular complexity index is 833. The first-order chi connectivity index (χ1) is 9.90. The molecule has 0 spiro atoms. The highest BCUT2D eigenvalue weighted by molar-refractivity contribution is 6.53. The zero-order valence-electron chi connectivity index (χ0n) is 10.2. The molecule has 3 rings (SSSR count). The number of ketones is 1. The molecule has 0 N–H and O–H groups in total. The average Bonchev–Trinajstić information content (AvgIpc) is 2.65. The highest BCUT2D eigenvalue weighted by Crippen LogP contribution is 2.34. The van der Waals surface area contributed by atoms with Crippen LogP contribution in [0.4, 0.5) is 10.1 Å². The van der Waals surface area contributed by atoms with Gasteiger partial charge in [-0.25, -0.2) is 0 Å². The first kappa shape index (κ1) is 14.3. The van der Waals surface area contributed by atoms with Crippen LogP contribution in [0.25, 0.3) is 0 Å². The smallest absolute Gasteiger partial charge is 0.273 e. The van der Waals surface area contributed by atoms with Crippen molar-refractivity contribution in [1.29, 1.82) is 0 Å². The molecule has 0 bridgehead atoms. The van der Waals surface area contributed by atoms with E-state index in [1.807, 2.05) is 0 Å². The van der Waals surface area contributed by atoms with E-state index in [0.717, 1.165) is 6.07 Å². The standard InChI is InChI=1S/C14H5Cl3FNO2/c15-7-4-8-13(11(18)5-7)19(21)12(14(8)20)6-1-2-9(16)10(17)3-6/h1-5H. The lowest BCUT2D eigenvalue weighted by atomic mass is 10.0. The second-order valence-electron chi connectivity index (χ2n) is 4.38. The van der Waals surface area contributed by atoms with Gasteiger partial charge in [0.05, 0.1) is 15.6 Å². The van der Waals surface area contributed by atoms with Gasteiger partial charge in [-0.1, -0.05) is 34.8 Å². The van der Waals surface area contributed by atoms with Crippen LogP contribution in [0, 0.1) is 11.0 Å². The summed E-state index contributed by atoms with van der Waals surface area (Å²) in [6.07, 6.45) is 0. The van der Waals surface area contributed by atoms with Crippen molar-refractivity contribution in [2.24, 2.45) is 0 Å². The minimum Gasteiger partial charge on any atom is -0.618 e. The SMILES string of the molecule is O=C1C(c2ccc(Cl)c(Cl)c2)=[N+]([O-])c2c(F)cc(Cl)cc21. The molecule has 0 unspecified atom stereocenters. The van der Waals surface area contributed by atoms with Crippen LogP contribution in [0.5, 0.6) is 0 Å². The number of Topliss-reactive ketones (excluding diaryl/α,β-unsaturated/α-hetero) is 1. The molecule has 0 saturated carbocycles. The first-order valence-electron chi connectivity index (χ1n) is 5.73. The van der Waals surface area contributed by atoms with E-state index in [1.165, 1.54) is 24.3 Å². The molecule has 7 heteroatoms. The lowest BCUT2D eigenvalue weighted by molar-refractivity contribution is -0.358. The Hall–Kier alpha value is -1.62. The zero-order chi connectivity index (χ0) is 15.3. The van der Waals surface area contributed by atoms with Crippen LogP contribution < -0.4 is 0 Å². The van der Waals surface area contributed by atoms with Crippen LogP contribution in [-0.4, -0.2) is 16.2 Å². The number of nitrogens with zero attached hydrogens (tertiary/aromatic N) is 1. The molecule has 3 nitrogen and oxygen atoms in total. The van der Waals surface area contributed by atoms with Crippen molar-refractivity contribution in [3.05, 3.63) is 67.6 Å². The number of hydrogen-bond acceptors (Lipinski definition) is 2. The molecule has 0 atom stereocenters. The Morgan fingerprint density at radius 1 is 1.05 bits per heavy atom. The Labute approximate surface area is 133 Å². The maximum atomic E-state index is 13.9. The number of fused-ring (bicyclic) bond motifs is 1. The number of rotatable bonds is 1. The minimum absolute atomic E-state index is 0.0448. The van der Waals surface area contributed by atoms with E-state index in [9.17, 15) is 14.4 Å². The second-order valence-corrected chi connectivity index (χ2v) is 5.64. The molecule has 1 heterocycles. The number of benzene rings is 2. The van der Waals surface area contributed by atoms with Gasteiger partial charge < -0.3 is 5.21 Å². The van der Waals surface area contributed by atoms with Gasteiger partial charge in [0.1, 0.15) is 5.56 Å². The maximum absolute atomic E-state index is 13.9. The van der Waals surface area contributed by atoms with E-state index in [2.05, 4.69) is 0 Å². The van der Waals surface area contributed by atoms with E-state index < -0.39 is 11.6 Å². The van der Waals surface area contributed by atoms with E-state index in [0.29, 0.717) is 0 Å². The molecular weight excluding hydrogens is 340 g/mol. The molecule has 2 aromatic carbocycles. The molecule has 1 aliphatic rings. The summed E-state index contributed by atoms with van der Waals surface area (Å²) in [6.45, 7) is 0. The third kappa shape index (κ3) is 2.20. The number of halogens is 4. The van der Waals surface area contributed by atoms with Crippen LogP contribution >= 0.6 is 34.8 Å². The van der Waals surface area contributed by atoms with Crippen LogP contribution in [0.1, 0.15) is 15.9 Å². The van der Waals surface area contributed by atoms with Crippen molar-refractivity contribution >= 4 is 52.0 Å². The summed E-state index contributed by atoms with van der Waals surface area (Å²) < 4.78 is 14.1. The Morgan fingerprint density at radius 3 is 2.43 bits per heavy atom. The fourth-order valence-corrected chi connectivity index (χ4v) is 2.67. The van der Waals surface area contributed by atoms with Crippen molar-refractivity contribution in [3.8, 4) is 0 Å². The van der Waals surface area contributed by atoms with Crippen molar-refractivity contribution in [3.63, 3.8) is 0 Å². The molecule has 21 heavy (non-hydrogen) atoms. The van der Waals surface area contributed by atoms with Crippen LogP contribution in [0.2, 0.25) is 15.1 Å². The molecule has 2 aromatic rings. The van der Waals surface area contributed by atoms with Gasteiger partial charge in [-0.15, -0.1) is 0 Å². The Kier molecular flexibility index (Phi) is 3.40. The Morgan fingerprint density at radius 2 is 1.76 bits per heavy atom. The highest BCUT2D eigenvalue weighted by Gasteiger charge is 2.39. The molecular formula is C14H5Cl3FNO2. The predicted molar refractivity (Wildman–Crippen MR) is 79.6 cm³/mol. The summed E-state index contributed by atoms with van der Waals surface area (Å²) in [5, 5.41) is 12.8. The van der Waals surface area contributed by atoms with Crippen molar-refractivity contribution in [2.75, 3.05) is 0 Å². The van der Waals surface area contributed by atoms with E-state index in [-0.39, 0.29) is 42.3 Å². The summed E-state index contributed by atoms with van der Waals surface area (Å²) in [5.41, 5.74) is -0.373. The molecule has 0 fully saturated rings. The molecule has 1 aliphatic heterocycles. The maximum Gasteiger partial charge on any atom is 0.273 e. The van der Waals surface area contributed by atoms with Gasteiger partial charge in [-0.2, -0.15) is 9.13 Å². The normalized spacial score (nSPS) is 13.8. The van der Waals surface area contributed by atoms with Gasteiger partial charge in [0.15, 0.2) is 5.82 Å². The van der Waals surface area contributed by atoms with Crippen molar-refractivity contribution < 1.29 is 13.9 Å². The first-order valence-corrected chi connectivity index (χ1v) is 6.87. The largest absolute Gasteiger partial charge is 0.618 e. The summed E-state index contributed by atoms with van der Waals surface area (Å²) in [6, 6.07) is 6.55. The zero-order valence-corrected chi connectivity index (χ0v) is 12.4. The van der Waals surface area contributed by atoms with E-state index in [1.54, 1.807) is 0 Å². The molecule has 106 valence electrons. The van der Waals surface area contributed by atoms with Crippen molar-refractivity contribution in [2.45, 2.75) is 0 Å². The monoisotopic (exact) mass is 343 g/mol. The molecule has 0 amide bonds. The van der Waals surface area contributed by atoms with Crippen LogP contribution in [0.15, 0.2) is 30.3 Å². The van der Waals surface area contributed by atoms with E-state index in [4.69, 9.17) is 34.8 Å². The number of carbonyl (C=O) groups excluding carboxylic acids is 1. The molecule has 0 saturated heterocycles. The fourth-order valence-electron chi connectivity index (χ4n) is 2.17. The third-order valence-corrected chi connectivity index (χ3v) is 4.04. The molecule has 0 aliphatic carbocycles. The summed E-state index contributed by atoms with van der Waals surface area (Å²) in [7, 11) is 0. The predicted octanol–water partition coefficient (Wildman–Crippen LogP) is 4.61. The van der Waals surface area contributed by atoms with E-state index >= 15 is 0 Å². The van der Waals surface area contributed by atoms with Gasteiger partial charge in [0.25, 0.3) is 17.2 Å². The lowest BCUT2D eigenvalue weighted by Gasteiger charge is -2.03. The quantitative estimate of drug-likeness (QED) is 0.560. The Balaban J connectivity index is 2.23. The fraction of sp³-hybridized carbons (Fsp3) is 0. The summed E-state index contributed by atoms with van der Waals surface area (Å²) in [5.74, 6) is -1.46.